The van der Waals surface area contributed by atoms with Crippen molar-refractivity contribution in [3.63, 3.8) is 0 Å². The summed E-state index contributed by atoms with van der Waals surface area (Å²) in [5.74, 6) is 0. The van der Waals surface area contributed by atoms with Crippen LogP contribution in [0.4, 0.5) is 5.69 Å². The number of anilines is 1. The molecular weight excluding hydrogens is 274 g/mol. The molecule has 5 heteroatoms. The van der Waals surface area contributed by atoms with Gasteiger partial charge in [0.2, 0.25) is 0 Å². The molecular formula is C14H15N3S2. The summed E-state index contributed by atoms with van der Waals surface area (Å²) in [5.41, 5.74) is 3.19. The van der Waals surface area contributed by atoms with Crippen LogP contribution >= 0.6 is 22.7 Å². The number of aryl methyl sites for hydroxylation is 2. The smallest absolute Gasteiger partial charge is 0.0954 e. The lowest BCUT2D eigenvalue weighted by atomic mass is 10.2. The first kappa shape index (κ1) is 12.4. The van der Waals surface area contributed by atoms with Crippen molar-refractivity contribution in [2.75, 3.05) is 5.32 Å². The zero-order valence-electron chi connectivity index (χ0n) is 10.8. The number of aromatic nitrogens is 2. The zero-order chi connectivity index (χ0) is 13.2. The van der Waals surface area contributed by atoms with Crippen molar-refractivity contribution in [3.8, 4) is 0 Å². The summed E-state index contributed by atoms with van der Waals surface area (Å²) >= 11 is 3.55. The predicted molar refractivity (Wildman–Crippen MR) is 82.2 cm³/mol. The van der Waals surface area contributed by atoms with Crippen molar-refractivity contribution in [2.45, 2.75) is 19.9 Å². The first-order chi connectivity index (χ1) is 9.25. The van der Waals surface area contributed by atoms with E-state index in [4.69, 9.17) is 0 Å². The van der Waals surface area contributed by atoms with Gasteiger partial charge in [0.05, 0.1) is 23.1 Å². The van der Waals surface area contributed by atoms with Crippen LogP contribution in [0.5, 0.6) is 0 Å². The standard InChI is InChI=1S/C14H15N3S2/c1-9-13(10(2)17-16-9)15-14(11-5-3-7-18-11)12-6-4-8-19-12/h3-8,14-15H,1-2H3,(H,16,17). The van der Waals surface area contributed by atoms with Gasteiger partial charge in [-0.3, -0.25) is 5.10 Å². The molecule has 98 valence electrons. The molecule has 0 aliphatic carbocycles. The normalized spacial score (nSPS) is 11.1. The molecule has 0 aliphatic heterocycles. The van der Waals surface area contributed by atoms with Gasteiger partial charge in [-0.2, -0.15) is 5.10 Å². The van der Waals surface area contributed by atoms with Crippen molar-refractivity contribution in [1.29, 1.82) is 0 Å². The molecule has 0 aliphatic rings. The molecule has 19 heavy (non-hydrogen) atoms. The number of nitrogens with one attached hydrogen (secondary N) is 2. The molecule has 0 fully saturated rings. The van der Waals surface area contributed by atoms with Crippen molar-refractivity contribution in [1.82, 2.24) is 10.2 Å². The Bertz CT molecular complexity index is 585. The Morgan fingerprint density at radius 2 is 1.74 bits per heavy atom. The molecule has 3 heterocycles. The van der Waals surface area contributed by atoms with E-state index >= 15 is 0 Å². The molecule has 0 atom stereocenters. The maximum Gasteiger partial charge on any atom is 0.0954 e. The SMILES string of the molecule is Cc1n[nH]c(C)c1NC(c1cccs1)c1cccs1. The second kappa shape index (κ2) is 5.19. The third kappa shape index (κ3) is 2.43. The van der Waals surface area contributed by atoms with E-state index in [9.17, 15) is 0 Å². The summed E-state index contributed by atoms with van der Waals surface area (Å²) in [6, 6.07) is 8.74. The lowest BCUT2D eigenvalue weighted by Gasteiger charge is -2.17. The van der Waals surface area contributed by atoms with Gasteiger partial charge in [-0.25, -0.2) is 0 Å². The topological polar surface area (TPSA) is 40.7 Å². The van der Waals surface area contributed by atoms with Crippen molar-refractivity contribution in [2.24, 2.45) is 0 Å². The van der Waals surface area contributed by atoms with E-state index in [1.54, 1.807) is 22.7 Å². The average Bonchev–Trinajstić information content (AvgIpc) is 3.12. The van der Waals surface area contributed by atoms with Gasteiger partial charge in [0.1, 0.15) is 0 Å². The van der Waals surface area contributed by atoms with Gasteiger partial charge in [0.25, 0.3) is 0 Å². The van der Waals surface area contributed by atoms with Gasteiger partial charge in [-0.1, -0.05) is 12.1 Å². The van der Waals surface area contributed by atoms with E-state index in [-0.39, 0.29) is 6.04 Å². The molecule has 3 rings (SSSR count). The van der Waals surface area contributed by atoms with E-state index < -0.39 is 0 Å². The van der Waals surface area contributed by atoms with Crippen LogP contribution in [0.1, 0.15) is 27.2 Å². The van der Waals surface area contributed by atoms with Crippen LogP contribution < -0.4 is 5.32 Å². The Hall–Kier alpha value is -1.59. The Kier molecular flexibility index (Phi) is 3.40. The second-order valence-corrected chi connectivity index (χ2v) is 6.38. The van der Waals surface area contributed by atoms with Crippen LogP contribution in [0.3, 0.4) is 0 Å². The van der Waals surface area contributed by atoms with Crippen molar-refractivity contribution in [3.05, 3.63) is 56.2 Å². The molecule has 3 nitrogen and oxygen atoms in total. The molecule has 0 aromatic carbocycles. The minimum absolute atomic E-state index is 0.204. The molecule has 3 aromatic heterocycles. The van der Waals surface area contributed by atoms with Crippen LogP contribution in [0.25, 0.3) is 0 Å². The molecule has 0 saturated carbocycles. The first-order valence-corrected chi connectivity index (χ1v) is 7.86. The fourth-order valence-electron chi connectivity index (χ4n) is 2.10. The number of rotatable bonds is 4. The molecule has 3 aromatic rings. The monoisotopic (exact) mass is 289 g/mol. The van der Waals surface area contributed by atoms with Crippen LogP contribution in [-0.4, -0.2) is 10.2 Å². The first-order valence-electron chi connectivity index (χ1n) is 6.10. The number of hydrogen-bond acceptors (Lipinski definition) is 4. The predicted octanol–water partition coefficient (Wildman–Crippen LogP) is 4.35. The lowest BCUT2D eigenvalue weighted by Crippen LogP contribution is -2.10. The van der Waals surface area contributed by atoms with Crippen LogP contribution in [0.15, 0.2) is 35.0 Å². The fourth-order valence-corrected chi connectivity index (χ4v) is 3.76. The van der Waals surface area contributed by atoms with E-state index in [0.717, 1.165) is 17.1 Å². The Labute approximate surface area is 120 Å². The van der Waals surface area contributed by atoms with Crippen LogP contribution in [-0.2, 0) is 0 Å². The van der Waals surface area contributed by atoms with Gasteiger partial charge in [0, 0.05) is 9.75 Å². The molecule has 0 saturated heterocycles. The second-order valence-electron chi connectivity index (χ2n) is 4.42. The highest BCUT2D eigenvalue weighted by atomic mass is 32.1. The van der Waals surface area contributed by atoms with Crippen molar-refractivity contribution < 1.29 is 0 Å². The number of thiophene rings is 2. The quantitative estimate of drug-likeness (QED) is 0.749. The van der Waals surface area contributed by atoms with Crippen molar-refractivity contribution >= 4 is 28.4 Å². The number of H-pyrrole nitrogens is 1. The average molecular weight is 289 g/mol. The minimum atomic E-state index is 0.204. The zero-order valence-corrected chi connectivity index (χ0v) is 12.4. The summed E-state index contributed by atoms with van der Waals surface area (Å²) in [6.45, 7) is 4.06. The maximum atomic E-state index is 4.25. The summed E-state index contributed by atoms with van der Waals surface area (Å²) in [5, 5.41) is 15.1. The minimum Gasteiger partial charge on any atom is -0.370 e. The highest BCUT2D eigenvalue weighted by molar-refractivity contribution is 7.11. The Balaban J connectivity index is 1.97. The Morgan fingerprint density at radius 3 is 2.16 bits per heavy atom. The van der Waals surface area contributed by atoms with Crippen LogP contribution in [0.2, 0.25) is 0 Å². The molecule has 0 spiro atoms. The Morgan fingerprint density at radius 1 is 1.11 bits per heavy atom. The lowest BCUT2D eigenvalue weighted by molar-refractivity contribution is 0.985. The summed E-state index contributed by atoms with van der Waals surface area (Å²) < 4.78 is 0. The summed E-state index contributed by atoms with van der Waals surface area (Å²) in [6.07, 6.45) is 0. The number of hydrogen-bond donors (Lipinski definition) is 2. The van der Waals surface area contributed by atoms with Crippen LogP contribution in [0, 0.1) is 13.8 Å². The highest BCUT2D eigenvalue weighted by Crippen LogP contribution is 2.33. The van der Waals surface area contributed by atoms with Gasteiger partial charge in [-0.05, 0) is 36.7 Å². The third-order valence-electron chi connectivity index (χ3n) is 3.07. The molecule has 0 radical (unpaired) electrons. The molecule has 0 amide bonds. The maximum absolute atomic E-state index is 4.25. The molecule has 2 N–H and O–H groups in total. The third-order valence-corrected chi connectivity index (χ3v) is 4.95. The highest BCUT2D eigenvalue weighted by Gasteiger charge is 2.18. The number of aromatic amines is 1. The van der Waals surface area contributed by atoms with Gasteiger partial charge >= 0.3 is 0 Å². The van der Waals surface area contributed by atoms with Gasteiger partial charge < -0.3 is 5.32 Å². The van der Waals surface area contributed by atoms with Gasteiger partial charge in [0.15, 0.2) is 0 Å². The molecule has 0 bridgehead atoms. The van der Waals surface area contributed by atoms with E-state index in [1.807, 2.05) is 13.8 Å². The summed E-state index contributed by atoms with van der Waals surface area (Å²) in [7, 11) is 0. The fraction of sp³-hybridized carbons (Fsp3) is 0.214. The van der Waals surface area contributed by atoms with E-state index in [2.05, 4.69) is 50.5 Å². The van der Waals surface area contributed by atoms with E-state index in [1.165, 1.54) is 9.75 Å². The largest absolute Gasteiger partial charge is 0.370 e. The molecule has 0 unspecified atom stereocenters. The summed E-state index contributed by atoms with van der Waals surface area (Å²) in [4.78, 5) is 2.64. The van der Waals surface area contributed by atoms with E-state index in [0.29, 0.717) is 0 Å². The number of nitrogens with zero attached hydrogens (tertiary/aromatic N) is 1. The van der Waals surface area contributed by atoms with Gasteiger partial charge in [-0.15, -0.1) is 22.7 Å².